The van der Waals surface area contributed by atoms with Crippen LogP contribution in [-0.4, -0.2) is 87.2 Å². The molecule has 2 N–H and O–H groups in total. The normalized spacial score (nSPS) is 25.6. The van der Waals surface area contributed by atoms with Crippen molar-refractivity contribution in [3.63, 3.8) is 0 Å². The topological polar surface area (TPSA) is 83.1 Å². The Morgan fingerprint density at radius 1 is 1.15 bits per heavy atom. The zero-order valence-corrected chi connectivity index (χ0v) is 19.3. The predicted molar refractivity (Wildman–Crippen MR) is 126 cm³/mol. The fourth-order valence-corrected chi connectivity index (χ4v) is 4.79. The Morgan fingerprint density at radius 3 is 2.88 bits per heavy atom. The highest BCUT2D eigenvalue weighted by molar-refractivity contribution is 5.79. The Kier molecular flexibility index (Phi) is 8.74. The molecule has 0 saturated carbocycles. The van der Waals surface area contributed by atoms with Crippen LogP contribution in [0.4, 0.5) is 0 Å². The lowest BCUT2D eigenvalue weighted by molar-refractivity contribution is -0.132. The molecule has 180 valence electrons. The van der Waals surface area contributed by atoms with Gasteiger partial charge in [0, 0.05) is 57.8 Å². The molecule has 3 heterocycles. The second-order valence-electron chi connectivity index (χ2n) is 9.01. The zero-order valence-electron chi connectivity index (χ0n) is 19.3. The molecule has 8 nitrogen and oxygen atoms in total. The number of para-hydroxylation sites is 1. The molecule has 0 unspecified atom stereocenters. The fourth-order valence-electron chi connectivity index (χ4n) is 4.79. The van der Waals surface area contributed by atoms with E-state index in [0.29, 0.717) is 45.8 Å². The van der Waals surface area contributed by atoms with Crippen LogP contribution in [0.5, 0.6) is 5.75 Å². The van der Waals surface area contributed by atoms with Gasteiger partial charge in [0.2, 0.25) is 11.8 Å². The molecule has 2 amide bonds. The molecule has 0 spiro atoms. The molecule has 1 aromatic rings. The van der Waals surface area contributed by atoms with E-state index >= 15 is 0 Å². The average molecular weight is 457 g/mol. The smallest absolute Gasteiger partial charge is 0.236 e. The number of nitrogens with zero attached hydrogens (tertiary/aromatic N) is 2. The van der Waals surface area contributed by atoms with Crippen molar-refractivity contribution >= 4 is 11.8 Å². The van der Waals surface area contributed by atoms with E-state index in [1.807, 2.05) is 35.2 Å². The van der Waals surface area contributed by atoms with E-state index in [1.165, 1.54) is 0 Å². The predicted octanol–water partition coefficient (Wildman–Crippen LogP) is 1.03. The van der Waals surface area contributed by atoms with E-state index in [-0.39, 0.29) is 23.7 Å². The molecule has 2 atom stereocenters. The lowest BCUT2D eigenvalue weighted by atomic mass is 9.82. The molecule has 3 aliphatic heterocycles. The Labute approximate surface area is 196 Å². The van der Waals surface area contributed by atoms with Crippen molar-refractivity contribution in [3.05, 3.63) is 42.0 Å². The van der Waals surface area contributed by atoms with Crippen molar-refractivity contribution < 1.29 is 19.1 Å². The van der Waals surface area contributed by atoms with Gasteiger partial charge in [0.05, 0.1) is 19.8 Å². The third kappa shape index (κ3) is 7.03. The van der Waals surface area contributed by atoms with Gasteiger partial charge in [0.25, 0.3) is 0 Å². The van der Waals surface area contributed by atoms with Gasteiger partial charge in [-0.3, -0.25) is 14.5 Å². The molecule has 33 heavy (non-hydrogen) atoms. The molecule has 2 fully saturated rings. The van der Waals surface area contributed by atoms with Crippen LogP contribution in [0.2, 0.25) is 0 Å². The molecular weight excluding hydrogens is 420 g/mol. The molecule has 4 rings (SSSR count). The minimum atomic E-state index is 0.0937. The van der Waals surface area contributed by atoms with Crippen LogP contribution >= 0.6 is 0 Å². The summed E-state index contributed by atoms with van der Waals surface area (Å²) in [5.41, 5.74) is 1.04. The molecule has 1 aromatic carbocycles. The first-order valence-electron chi connectivity index (χ1n) is 12.1. The van der Waals surface area contributed by atoms with Gasteiger partial charge in [-0.2, -0.15) is 0 Å². The van der Waals surface area contributed by atoms with E-state index < -0.39 is 0 Å². The number of carbonyl (C=O) groups is 2. The summed E-state index contributed by atoms with van der Waals surface area (Å²) >= 11 is 0. The summed E-state index contributed by atoms with van der Waals surface area (Å²) in [5.74, 6) is 1.41. The van der Waals surface area contributed by atoms with Crippen molar-refractivity contribution in [2.45, 2.75) is 19.4 Å². The van der Waals surface area contributed by atoms with Gasteiger partial charge in [-0.15, -0.1) is 0 Å². The highest BCUT2D eigenvalue weighted by Crippen LogP contribution is 2.28. The molecular formula is C25H36N4O4. The molecule has 0 aliphatic carbocycles. The zero-order chi connectivity index (χ0) is 22.9. The number of rotatable bonds is 5. The second kappa shape index (κ2) is 12.2. The van der Waals surface area contributed by atoms with E-state index in [0.717, 1.165) is 50.6 Å². The number of amides is 2. The van der Waals surface area contributed by atoms with E-state index in [2.05, 4.69) is 21.6 Å². The van der Waals surface area contributed by atoms with E-state index in [9.17, 15) is 9.59 Å². The number of morpholine rings is 1. The fraction of sp³-hybridized carbons (Fsp3) is 0.600. The Bertz CT molecular complexity index is 824. The van der Waals surface area contributed by atoms with Crippen LogP contribution in [0, 0.1) is 11.8 Å². The Morgan fingerprint density at radius 2 is 2.00 bits per heavy atom. The maximum absolute atomic E-state index is 12.8. The minimum Gasteiger partial charge on any atom is -0.489 e. The summed E-state index contributed by atoms with van der Waals surface area (Å²) in [4.78, 5) is 29.7. The number of benzene rings is 1. The maximum Gasteiger partial charge on any atom is 0.236 e. The first-order chi connectivity index (χ1) is 16.2. The number of ether oxygens (including phenoxy) is 2. The van der Waals surface area contributed by atoms with Crippen LogP contribution in [-0.2, 0) is 20.9 Å². The highest BCUT2D eigenvalue weighted by Gasteiger charge is 2.31. The molecule has 0 radical (unpaired) electrons. The maximum atomic E-state index is 12.8. The van der Waals surface area contributed by atoms with Gasteiger partial charge in [-0.25, -0.2) is 0 Å². The van der Waals surface area contributed by atoms with E-state index in [1.54, 1.807) is 0 Å². The van der Waals surface area contributed by atoms with Crippen molar-refractivity contribution in [1.29, 1.82) is 0 Å². The van der Waals surface area contributed by atoms with Gasteiger partial charge in [-0.1, -0.05) is 30.4 Å². The summed E-state index contributed by atoms with van der Waals surface area (Å²) in [5, 5.41) is 6.35. The third-order valence-electron chi connectivity index (χ3n) is 6.74. The van der Waals surface area contributed by atoms with Crippen molar-refractivity contribution in [1.82, 2.24) is 20.4 Å². The monoisotopic (exact) mass is 456 g/mol. The highest BCUT2D eigenvalue weighted by atomic mass is 16.5. The number of piperidine rings is 1. The molecule has 0 aromatic heterocycles. The Hall–Kier alpha value is -2.42. The number of nitrogens with one attached hydrogen (secondary N) is 2. The van der Waals surface area contributed by atoms with Crippen LogP contribution in [0.1, 0.15) is 18.4 Å². The number of hydrogen-bond donors (Lipinski definition) is 2. The Balaban J connectivity index is 1.33. The number of carbonyl (C=O) groups excluding carboxylic acids is 2. The van der Waals surface area contributed by atoms with Crippen molar-refractivity contribution in [3.8, 4) is 5.75 Å². The first-order valence-corrected chi connectivity index (χ1v) is 12.1. The van der Waals surface area contributed by atoms with Gasteiger partial charge in [0.15, 0.2) is 0 Å². The van der Waals surface area contributed by atoms with Gasteiger partial charge in [-0.05, 0) is 24.3 Å². The summed E-state index contributed by atoms with van der Waals surface area (Å²) < 4.78 is 11.3. The lowest BCUT2D eigenvalue weighted by Crippen LogP contribution is -2.47. The summed E-state index contributed by atoms with van der Waals surface area (Å²) in [7, 11) is 0. The van der Waals surface area contributed by atoms with E-state index in [4.69, 9.17) is 9.47 Å². The summed E-state index contributed by atoms with van der Waals surface area (Å²) in [6.07, 6.45) is 5.49. The second-order valence-corrected chi connectivity index (χ2v) is 9.01. The summed E-state index contributed by atoms with van der Waals surface area (Å²) in [6, 6.07) is 7.91. The first kappa shape index (κ1) is 23.7. The van der Waals surface area contributed by atoms with Crippen LogP contribution in [0.15, 0.2) is 36.4 Å². The molecule has 3 aliphatic rings. The van der Waals surface area contributed by atoms with Gasteiger partial charge in [0.1, 0.15) is 12.4 Å². The molecule has 2 saturated heterocycles. The van der Waals surface area contributed by atoms with Crippen LogP contribution < -0.4 is 15.4 Å². The quantitative estimate of drug-likeness (QED) is 0.644. The molecule has 8 heteroatoms. The number of hydrogen-bond acceptors (Lipinski definition) is 6. The van der Waals surface area contributed by atoms with Crippen molar-refractivity contribution in [2.24, 2.45) is 11.8 Å². The average Bonchev–Trinajstić information content (AvgIpc) is 2.84. The largest absolute Gasteiger partial charge is 0.489 e. The van der Waals surface area contributed by atoms with Crippen LogP contribution in [0.25, 0.3) is 0 Å². The van der Waals surface area contributed by atoms with Gasteiger partial charge >= 0.3 is 0 Å². The number of fused-ring (bicyclic) bond motifs is 3. The van der Waals surface area contributed by atoms with Crippen molar-refractivity contribution in [2.75, 3.05) is 65.6 Å². The third-order valence-corrected chi connectivity index (χ3v) is 6.74. The van der Waals surface area contributed by atoms with Crippen LogP contribution in [0.3, 0.4) is 0 Å². The summed E-state index contributed by atoms with van der Waals surface area (Å²) in [6.45, 7) is 7.63. The minimum absolute atomic E-state index is 0.0937. The SMILES string of the molecule is O=C(C[C@@H]1CCN2C[C@@H]1/C=C/COc1ccccc1CNCC2=O)NCCN1CCOCC1. The molecule has 2 bridgehead atoms. The lowest BCUT2D eigenvalue weighted by Gasteiger charge is -2.37. The van der Waals surface area contributed by atoms with Gasteiger partial charge < -0.3 is 25.0 Å². The standard InChI is InChI=1S/C25H36N4O4/c30-24(27-8-10-28-11-14-32-15-12-28)16-20-7-9-29-19-22(20)5-3-13-33-23-6-2-1-4-21(23)17-26-18-25(29)31/h1-6,20,22,26H,7-19H2,(H,27,30)/b5-3+/t20-,22-/m0/s1.